The number of hydrogen-bond acceptors (Lipinski definition) is 2. The number of benzene rings is 2. The maximum absolute atomic E-state index is 12.7. The maximum Gasteiger partial charge on any atom is 0.233 e. The fourth-order valence-electron chi connectivity index (χ4n) is 3.12. The van der Waals surface area contributed by atoms with Crippen molar-refractivity contribution < 1.29 is 4.79 Å². The molecule has 1 aliphatic rings. The molecule has 0 bridgehead atoms. The first-order chi connectivity index (χ1) is 11.1. The lowest BCUT2D eigenvalue weighted by atomic mass is 9.87. The van der Waals surface area contributed by atoms with Gasteiger partial charge in [-0.05, 0) is 37.1 Å². The molecule has 1 aliphatic carbocycles. The Hall–Kier alpha value is -2.42. The molecule has 0 radical (unpaired) electrons. The van der Waals surface area contributed by atoms with Crippen molar-refractivity contribution in [2.45, 2.75) is 26.7 Å². The van der Waals surface area contributed by atoms with Crippen LogP contribution >= 0.6 is 0 Å². The summed E-state index contributed by atoms with van der Waals surface area (Å²) in [4.78, 5) is 17.5. The van der Waals surface area contributed by atoms with Crippen molar-refractivity contribution in [1.82, 2.24) is 0 Å². The number of anilines is 1. The van der Waals surface area contributed by atoms with Crippen LogP contribution in [-0.4, -0.2) is 11.6 Å². The van der Waals surface area contributed by atoms with E-state index in [0.717, 1.165) is 29.9 Å². The zero-order valence-corrected chi connectivity index (χ0v) is 13.6. The summed E-state index contributed by atoms with van der Waals surface area (Å²) < 4.78 is 0. The molecule has 1 saturated carbocycles. The summed E-state index contributed by atoms with van der Waals surface area (Å²) in [5.74, 6) is -0.123. The summed E-state index contributed by atoms with van der Waals surface area (Å²) in [5.41, 5.74) is 2.68. The molecule has 1 amide bonds. The van der Waals surface area contributed by atoms with Crippen LogP contribution < -0.4 is 5.32 Å². The number of amides is 1. The largest absolute Gasteiger partial charge is 0.326 e. The Bertz CT molecular complexity index is 705. The predicted molar refractivity (Wildman–Crippen MR) is 95.1 cm³/mol. The van der Waals surface area contributed by atoms with E-state index < -0.39 is 0 Å². The van der Waals surface area contributed by atoms with Crippen LogP contribution in [0.4, 0.5) is 11.4 Å². The van der Waals surface area contributed by atoms with Gasteiger partial charge in [-0.2, -0.15) is 0 Å². The van der Waals surface area contributed by atoms with Crippen LogP contribution in [0.1, 0.15) is 26.7 Å². The Kier molecular flexibility index (Phi) is 4.28. The number of hydrogen-bond donors (Lipinski definition) is 1. The van der Waals surface area contributed by atoms with Gasteiger partial charge in [-0.3, -0.25) is 9.79 Å². The van der Waals surface area contributed by atoms with E-state index in [2.05, 4.69) is 19.2 Å². The summed E-state index contributed by atoms with van der Waals surface area (Å²) in [6.07, 6.45) is 1.82. The smallest absolute Gasteiger partial charge is 0.233 e. The Labute approximate surface area is 137 Å². The lowest BCUT2D eigenvalue weighted by Crippen LogP contribution is -2.31. The molecule has 0 heterocycles. The Morgan fingerprint density at radius 2 is 1.65 bits per heavy atom. The van der Waals surface area contributed by atoms with E-state index in [9.17, 15) is 4.79 Å². The minimum atomic E-state index is -0.162. The SMILES string of the molecule is CC1(C)CCC(C(=O)Nc2ccccc2)C1=Nc1ccccc1. The maximum atomic E-state index is 12.7. The lowest BCUT2D eigenvalue weighted by Gasteiger charge is -2.21. The highest BCUT2D eigenvalue weighted by molar-refractivity contribution is 6.13. The summed E-state index contributed by atoms with van der Waals surface area (Å²) in [6, 6.07) is 19.5. The second kappa shape index (κ2) is 6.37. The average Bonchev–Trinajstić information content (AvgIpc) is 2.84. The van der Waals surface area contributed by atoms with Crippen LogP contribution in [0.15, 0.2) is 65.7 Å². The van der Waals surface area contributed by atoms with Crippen LogP contribution in [0, 0.1) is 11.3 Å². The summed E-state index contributed by atoms with van der Waals surface area (Å²) in [7, 11) is 0. The van der Waals surface area contributed by atoms with Crippen molar-refractivity contribution in [3.63, 3.8) is 0 Å². The van der Waals surface area contributed by atoms with Gasteiger partial charge in [-0.1, -0.05) is 50.2 Å². The van der Waals surface area contributed by atoms with Gasteiger partial charge < -0.3 is 5.32 Å². The van der Waals surface area contributed by atoms with Gasteiger partial charge in [0.25, 0.3) is 0 Å². The predicted octanol–water partition coefficient (Wildman–Crippen LogP) is 4.83. The molecule has 3 rings (SSSR count). The zero-order valence-electron chi connectivity index (χ0n) is 13.6. The third-order valence-corrected chi connectivity index (χ3v) is 4.45. The number of carbonyl (C=O) groups excluding carboxylic acids is 1. The molecule has 3 heteroatoms. The summed E-state index contributed by atoms with van der Waals surface area (Å²) >= 11 is 0. The highest BCUT2D eigenvalue weighted by atomic mass is 16.1. The van der Waals surface area contributed by atoms with Gasteiger partial charge in [0.05, 0.1) is 11.6 Å². The van der Waals surface area contributed by atoms with E-state index in [-0.39, 0.29) is 17.2 Å². The van der Waals surface area contributed by atoms with Crippen molar-refractivity contribution in [3.8, 4) is 0 Å². The quantitative estimate of drug-likeness (QED) is 0.866. The molecule has 3 nitrogen and oxygen atoms in total. The first kappa shape index (κ1) is 15.5. The van der Waals surface area contributed by atoms with Gasteiger partial charge in [-0.15, -0.1) is 0 Å². The molecule has 2 aromatic carbocycles. The molecule has 23 heavy (non-hydrogen) atoms. The molecular formula is C20H22N2O. The zero-order chi connectivity index (χ0) is 16.3. The van der Waals surface area contributed by atoms with Crippen LogP contribution in [0.3, 0.4) is 0 Å². The van der Waals surface area contributed by atoms with Crippen LogP contribution in [0.5, 0.6) is 0 Å². The number of nitrogens with zero attached hydrogens (tertiary/aromatic N) is 1. The molecule has 0 saturated heterocycles. The third kappa shape index (κ3) is 3.50. The topological polar surface area (TPSA) is 41.5 Å². The lowest BCUT2D eigenvalue weighted by molar-refractivity contribution is -0.118. The fourth-order valence-corrected chi connectivity index (χ4v) is 3.12. The average molecular weight is 306 g/mol. The second-order valence-electron chi connectivity index (χ2n) is 6.66. The van der Waals surface area contributed by atoms with Gasteiger partial charge in [-0.25, -0.2) is 0 Å². The van der Waals surface area contributed by atoms with E-state index in [0.29, 0.717) is 0 Å². The molecule has 1 N–H and O–H groups in total. The van der Waals surface area contributed by atoms with Gasteiger partial charge >= 0.3 is 0 Å². The fraction of sp³-hybridized carbons (Fsp3) is 0.300. The van der Waals surface area contributed by atoms with Gasteiger partial charge in [0.2, 0.25) is 5.91 Å². The number of carbonyl (C=O) groups is 1. The number of aliphatic imine (C=N–C) groups is 1. The second-order valence-corrected chi connectivity index (χ2v) is 6.66. The number of nitrogens with one attached hydrogen (secondary N) is 1. The Morgan fingerprint density at radius 3 is 2.30 bits per heavy atom. The first-order valence-corrected chi connectivity index (χ1v) is 8.06. The first-order valence-electron chi connectivity index (χ1n) is 8.06. The normalized spacial score (nSPS) is 21.3. The summed E-state index contributed by atoms with van der Waals surface area (Å²) in [5, 5.41) is 3.02. The van der Waals surface area contributed by atoms with Crippen molar-refractivity contribution in [3.05, 3.63) is 60.7 Å². The van der Waals surface area contributed by atoms with Crippen molar-refractivity contribution in [1.29, 1.82) is 0 Å². The highest BCUT2D eigenvalue weighted by Gasteiger charge is 2.41. The van der Waals surface area contributed by atoms with E-state index in [1.54, 1.807) is 0 Å². The molecule has 2 aromatic rings. The molecule has 0 spiro atoms. The van der Waals surface area contributed by atoms with Crippen molar-refractivity contribution in [2.24, 2.45) is 16.3 Å². The monoisotopic (exact) mass is 306 g/mol. The Morgan fingerprint density at radius 1 is 1.04 bits per heavy atom. The third-order valence-electron chi connectivity index (χ3n) is 4.45. The van der Waals surface area contributed by atoms with Crippen LogP contribution in [-0.2, 0) is 4.79 Å². The van der Waals surface area contributed by atoms with Gasteiger partial charge in [0.15, 0.2) is 0 Å². The van der Waals surface area contributed by atoms with Crippen LogP contribution in [0.2, 0.25) is 0 Å². The van der Waals surface area contributed by atoms with Gasteiger partial charge in [0.1, 0.15) is 0 Å². The molecule has 118 valence electrons. The standard InChI is InChI=1S/C20H22N2O/c1-20(2)14-13-17(18(20)21-15-9-5-3-6-10-15)19(23)22-16-11-7-4-8-12-16/h3-12,17H,13-14H2,1-2H3,(H,22,23). The minimum absolute atomic E-state index is 0.0384. The van der Waals surface area contributed by atoms with Crippen molar-refractivity contribution in [2.75, 3.05) is 5.32 Å². The highest BCUT2D eigenvalue weighted by Crippen LogP contribution is 2.40. The molecule has 1 unspecified atom stereocenters. The van der Waals surface area contributed by atoms with Crippen LogP contribution in [0.25, 0.3) is 0 Å². The van der Waals surface area contributed by atoms with E-state index >= 15 is 0 Å². The van der Waals surface area contributed by atoms with E-state index in [4.69, 9.17) is 4.99 Å². The molecule has 0 aromatic heterocycles. The molecule has 1 fully saturated rings. The molecule has 0 aliphatic heterocycles. The van der Waals surface area contributed by atoms with Gasteiger partial charge in [0, 0.05) is 16.8 Å². The number of rotatable bonds is 3. The van der Waals surface area contributed by atoms with Crippen molar-refractivity contribution >= 4 is 23.0 Å². The van der Waals surface area contributed by atoms with E-state index in [1.165, 1.54) is 0 Å². The number of para-hydroxylation sites is 2. The molecular weight excluding hydrogens is 284 g/mol. The molecule has 1 atom stereocenters. The van der Waals surface area contributed by atoms with E-state index in [1.807, 2.05) is 60.7 Å². The minimum Gasteiger partial charge on any atom is -0.326 e. The Balaban J connectivity index is 1.86. The summed E-state index contributed by atoms with van der Waals surface area (Å²) in [6.45, 7) is 4.34.